The average Bonchev–Trinajstić information content (AvgIpc) is 2.67. The van der Waals surface area contributed by atoms with Crippen LogP contribution in [-0.4, -0.2) is 37.0 Å². The van der Waals surface area contributed by atoms with Crippen LogP contribution < -0.4 is 5.32 Å². The number of hydrogen-bond donors (Lipinski definition) is 1. The normalized spacial score (nSPS) is 18.3. The maximum absolute atomic E-state index is 13.2. The molecule has 1 heterocycles. The summed E-state index contributed by atoms with van der Waals surface area (Å²) in [5.74, 6) is 0.218. The van der Waals surface area contributed by atoms with Crippen molar-refractivity contribution in [1.82, 2.24) is 10.2 Å². The Hall–Kier alpha value is -1.49. The van der Waals surface area contributed by atoms with E-state index in [0.717, 1.165) is 36.4 Å². The van der Waals surface area contributed by atoms with Gasteiger partial charge in [-0.2, -0.15) is 0 Å². The molecule has 0 spiro atoms. The van der Waals surface area contributed by atoms with Gasteiger partial charge >= 0.3 is 0 Å². The Morgan fingerprint density at radius 1 is 1.12 bits per heavy atom. The number of nitrogens with one attached hydrogen (secondary N) is 1. The van der Waals surface area contributed by atoms with E-state index < -0.39 is 0 Å². The van der Waals surface area contributed by atoms with Gasteiger partial charge in [-0.25, -0.2) is 0 Å². The molecule has 1 aliphatic rings. The number of piperidine rings is 1. The molecule has 1 aliphatic heterocycles. The van der Waals surface area contributed by atoms with E-state index in [4.69, 9.17) is 0 Å². The van der Waals surface area contributed by atoms with Gasteiger partial charge in [0.2, 0.25) is 5.91 Å². The predicted molar refractivity (Wildman–Crippen MR) is 107 cm³/mol. The van der Waals surface area contributed by atoms with Crippen molar-refractivity contribution in [2.75, 3.05) is 20.1 Å². The van der Waals surface area contributed by atoms with E-state index in [1.165, 1.54) is 0 Å². The van der Waals surface area contributed by atoms with Crippen LogP contribution in [0, 0.1) is 0 Å². The van der Waals surface area contributed by atoms with Crippen LogP contribution in [0.4, 0.5) is 0 Å². The van der Waals surface area contributed by atoms with E-state index in [1.807, 2.05) is 48.3 Å². The van der Waals surface area contributed by atoms with Gasteiger partial charge < -0.3 is 10.2 Å². The number of likely N-dealkylation sites (N-methyl/N-ethyl adjacent to an activating group) is 1. The van der Waals surface area contributed by atoms with Gasteiger partial charge in [0.25, 0.3) is 0 Å². The topological polar surface area (TPSA) is 32.3 Å². The molecule has 0 bridgehead atoms. The molecule has 0 radical (unpaired) electrons. The van der Waals surface area contributed by atoms with Crippen LogP contribution in [0.3, 0.4) is 0 Å². The number of carbonyl (C=O) groups is 1. The molecule has 1 N–H and O–H groups in total. The summed E-state index contributed by atoms with van der Waals surface area (Å²) in [6, 6.07) is 20.7. The monoisotopic (exact) mass is 376 g/mol. The molecule has 5 heteroatoms. The van der Waals surface area contributed by atoms with Crippen molar-refractivity contribution in [2.45, 2.75) is 29.0 Å². The minimum atomic E-state index is -0.191. The average molecular weight is 377 g/mol. The van der Waals surface area contributed by atoms with Crippen LogP contribution >= 0.6 is 24.2 Å². The summed E-state index contributed by atoms with van der Waals surface area (Å²) in [6.45, 7) is 1.66. The maximum Gasteiger partial charge on any atom is 0.240 e. The Bertz CT molecular complexity index is 653. The number of benzene rings is 2. The van der Waals surface area contributed by atoms with Gasteiger partial charge in [-0.05, 0) is 37.6 Å². The Morgan fingerprint density at radius 2 is 1.76 bits per heavy atom. The van der Waals surface area contributed by atoms with E-state index in [1.54, 1.807) is 11.8 Å². The van der Waals surface area contributed by atoms with Gasteiger partial charge in [0, 0.05) is 24.0 Å². The number of nitrogens with zero attached hydrogens (tertiary/aromatic N) is 1. The van der Waals surface area contributed by atoms with Crippen LogP contribution in [0.25, 0.3) is 0 Å². The van der Waals surface area contributed by atoms with Crippen molar-refractivity contribution in [1.29, 1.82) is 0 Å². The SMILES string of the molecule is CNC1CCCN(C(=O)C(Sc2ccccc2)c2ccccc2)C1.Cl. The smallest absolute Gasteiger partial charge is 0.240 e. The van der Waals surface area contributed by atoms with Gasteiger partial charge in [0.1, 0.15) is 5.25 Å². The van der Waals surface area contributed by atoms with Crippen molar-refractivity contribution in [3.05, 3.63) is 66.2 Å². The minimum Gasteiger partial charge on any atom is -0.340 e. The summed E-state index contributed by atoms with van der Waals surface area (Å²) >= 11 is 1.64. The minimum absolute atomic E-state index is 0. The molecule has 1 amide bonds. The lowest BCUT2D eigenvalue weighted by atomic mass is 10.0. The fraction of sp³-hybridized carbons (Fsp3) is 0.350. The number of halogens is 1. The Morgan fingerprint density at radius 3 is 2.40 bits per heavy atom. The van der Waals surface area contributed by atoms with Crippen LogP contribution in [0.5, 0.6) is 0 Å². The zero-order chi connectivity index (χ0) is 16.8. The first-order valence-corrected chi connectivity index (χ1v) is 9.38. The molecule has 0 saturated carbocycles. The van der Waals surface area contributed by atoms with Gasteiger partial charge in [-0.1, -0.05) is 48.5 Å². The van der Waals surface area contributed by atoms with Crippen molar-refractivity contribution >= 4 is 30.1 Å². The summed E-state index contributed by atoms with van der Waals surface area (Å²) in [4.78, 5) is 16.4. The van der Waals surface area contributed by atoms with Crippen LogP contribution in [0.2, 0.25) is 0 Å². The first-order chi connectivity index (χ1) is 11.8. The van der Waals surface area contributed by atoms with E-state index in [2.05, 4.69) is 29.6 Å². The summed E-state index contributed by atoms with van der Waals surface area (Å²) < 4.78 is 0. The van der Waals surface area contributed by atoms with Crippen LogP contribution in [0.15, 0.2) is 65.6 Å². The highest BCUT2D eigenvalue weighted by molar-refractivity contribution is 8.00. The molecule has 2 aromatic carbocycles. The first-order valence-electron chi connectivity index (χ1n) is 8.50. The second kappa shape index (κ2) is 9.85. The number of carbonyl (C=O) groups excluding carboxylic acids is 1. The lowest BCUT2D eigenvalue weighted by molar-refractivity contribution is -0.132. The standard InChI is InChI=1S/C20H24N2OS.ClH/c1-21-17-11-8-14-22(15-17)20(23)19(16-9-4-2-5-10-16)24-18-12-6-3-7-13-18;/h2-7,9-10,12-13,17,19,21H,8,11,14-15H2,1H3;1H. The Labute approximate surface area is 160 Å². The highest BCUT2D eigenvalue weighted by Crippen LogP contribution is 2.37. The second-order valence-electron chi connectivity index (χ2n) is 6.13. The van der Waals surface area contributed by atoms with E-state index >= 15 is 0 Å². The van der Waals surface area contributed by atoms with Crippen LogP contribution in [-0.2, 0) is 4.79 Å². The fourth-order valence-corrected chi connectivity index (χ4v) is 4.23. The van der Waals surface area contributed by atoms with Gasteiger partial charge in [-0.15, -0.1) is 24.2 Å². The highest BCUT2D eigenvalue weighted by Gasteiger charge is 2.30. The van der Waals surface area contributed by atoms with Gasteiger partial charge in [0.05, 0.1) is 0 Å². The summed E-state index contributed by atoms with van der Waals surface area (Å²) in [5, 5.41) is 3.13. The number of likely N-dealkylation sites (tertiary alicyclic amines) is 1. The number of hydrogen-bond acceptors (Lipinski definition) is 3. The molecule has 3 nitrogen and oxygen atoms in total. The largest absolute Gasteiger partial charge is 0.340 e. The maximum atomic E-state index is 13.2. The molecule has 2 aromatic rings. The van der Waals surface area contributed by atoms with Crippen LogP contribution in [0.1, 0.15) is 23.7 Å². The zero-order valence-electron chi connectivity index (χ0n) is 14.4. The van der Waals surface area contributed by atoms with Gasteiger partial charge in [0.15, 0.2) is 0 Å². The summed E-state index contributed by atoms with van der Waals surface area (Å²) in [7, 11) is 1.98. The molecule has 2 atom stereocenters. The third-order valence-corrected chi connectivity index (χ3v) is 5.72. The molecule has 0 aromatic heterocycles. The lowest BCUT2D eigenvalue weighted by Gasteiger charge is -2.34. The molecule has 1 saturated heterocycles. The quantitative estimate of drug-likeness (QED) is 0.795. The predicted octanol–water partition coefficient (Wildman–Crippen LogP) is 4.15. The molecule has 134 valence electrons. The molecular formula is C20H25ClN2OS. The summed E-state index contributed by atoms with van der Waals surface area (Å²) in [5.41, 5.74) is 1.07. The van der Waals surface area contributed by atoms with Crippen molar-refractivity contribution in [3.8, 4) is 0 Å². The third-order valence-electron chi connectivity index (χ3n) is 4.47. The third kappa shape index (κ3) is 5.24. The number of rotatable bonds is 5. The van der Waals surface area contributed by atoms with E-state index in [-0.39, 0.29) is 23.6 Å². The second-order valence-corrected chi connectivity index (χ2v) is 7.31. The molecule has 25 heavy (non-hydrogen) atoms. The molecule has 3 rings (SSSR count). The van der Waals surface area contributed by atoms with Crippen molar-refractivity contribution < 1.29 is 4.79 Å². The Balaban J connectivity index is 0.00000225. The molecule has 0 aliphatic carbocycles. The van der Waals surface area contributed by atoms with Gasteiger partial charge in [-0.3, -0.25) is 4.79 Å². The van der Waals surface area contributed by atoms with E-state index in [9.17, 15) is 4.79 Å². The lowest BCUT2D eigenvalue weighted by Crippen LogP contribution is -2.48. The first kappa shape index (κ1) is 19.8. The van der Waals surface area contributed by atoms with Crippen molar-refractivity contribution in [2.24, 2.45) is 0 Å². The number of amides is 1. The number of thioether (sulfide) groups is 1. The van der Waals surface area contributed by atoms with Crippen molar-refractivity contribution in [3.63, 3.8) is 0 Å². The summed E-state index contributed by atoms with van der Waals surface area (Å²) in [6.07, 6.45) is 2.21. The Kier molecular flexibility index (Phi) is 7.82. The van der Waals surface area contributed by atoms with E-state index in [0.29, 0.717) is 6.04 Å². The molecular weight excluding hydrogens is 352 g/mol. The molecule has 1 fully saturated rings. The fourth-order valence-electron chi connectivity index (χ4n) is 3.10. The zero-order valence-corrected chi connectivity index (χ0v) is 16.1. The highest BCUT2D eigenvalue weighted by atomic mass is 35.5. The molecule has 2 unspecified atom stereocenters.